The second-order valence-electron chi connectivity index (χ2n) is 5.63. The molecule has 10 heteroatoms. The van der Waals surface area contributed by atoms with Gasteiger partial charge < -0.3 is 4.74 Å². The summed E-state index contributed by atoms with van der Waals surface area (Å²) in [5, 5.41) is 26.4. The number of carbonyl (C=O) groups is 1. The molecule has 0 aliphatic rings. The van der Waals surface area contributed by atoms with Crippen molar-refractivity contribution >= 4 is 17.3 Å². The van der Waals surface area contributed by atoms with Crippen LogP contribution >= 0.6 is 0 Å². The molecule has 0 aliphatic heterocycles. The van der Waals surface area contributed by atoms with Gasteiger partial charge in [0.05, 0.1) is 40.3 Å². The summed E-state index contributed by atoms with van der Waals surface area (Å²) < 4.78 is 6.36. The molecular weight excluding hydrogens is 344 g/mol. The van der Waals surface area contributed by atoms with Crippen LogP contribution in [0.25, 0.3) is 5.69 Å². The number of aromatic nitrogens is 2. The highest BCUT2D eigenvalue weighted by molar-refractivity contribution is 5.72. The lowest BCUT2D eigenvalue weighted by atomic mass is 10.2. The quantitative estimate of drug-likeness (QED) is 0.305. The summed E-state index contributed by atoms with van der Waals surface area (Å²) in [7, 11) is 0. The summed E-state index contributed by atoms with van der Waals surface area (Å²) in [6.45, 7) is 3.96. The van der Waals surface area contributed by atoms with E-state index in [1.165, 1.54) is 10.7 Å². The highest BCUT2D eigenvalue weighted by Gasteiger charge is 2.24. The van der Waals surface area contributed by atoms with E-state index in [2.05, 4.69) is 5.10 Å². The lowest BCUT2D eigenvalue weighted by Crippen LogP contribution is -2.13. The third kappa shape index (κ3) is 4.41. The van der Waals surface area contributed by atoms with Crippen molar-refractivity contribution in [3.05, 3.63) is 55.9 Å². The molecule has 10 nitrogen and oxygen atoms in total. The van der Waals surface area contributed by atoms with Gasteiger partial charge in [0.25, 0.3) is 5.69 Å². The summed E-state index contributed by atoms with van der Waals surface area (Å²) in [5.41, 5.74) is 0.132. The van der Waals surface area contributed by atoms with Crippen LogP contribution in [0.1, 0.15) is 31.2 Å². The lowest BCUT2D eigenvalue weighted by Gasteiger charge is -2.08. The maximum atomic E-state index is 12.0. The van der Waals surface area contributed by atoms with Crippen LogP contribution in [0.15, 0.2) is 24.3 Å². The number of unbranched alkanes of at least 4 members (excludes halogenated alkanes) is 1. The number of aryl methyl sites for hydroxylation is 1. The number of nitro benzene ring substituents is 2. The molecule has 0 radical (unpaired) electrons. The molecular formula is C16H18N4O6. The van der Waals surface area contributed by atoms with E-state index in [0.29, 0.717) is 18.0 Å². The molecule has 26 heavy (non-hydrogen) atoms. The first-order valence-corrected chi connectivity index (χ1v) is 7.97. The van der Waals surface area contributed by atoms with E-state index in [9.17, 15) is 25.0 Å². The third-order valence-electron chi connectivity index (χ3n) is 3.59. The monoisotopic (exact) mass is 362 g/mol. The number of carbonyl (C=O) groups excluding carboxylic acids is 1. The number of rotatable bonds is 8. The molecule has 0 spiro atoms. The van der Waals surface area contributed by atoms with Crippen LogP contribution in [0.5, 0.6) is 0 Å². The van der Waals surface area contributed by atoms with Gasteiger partial charge in [0.2, 0.25) is 0 Å². The molecule has 0 saturated heterocycles. The van der Waals surface area contributed by atoms with Crippen LogP contribution in [0.3, 0.4) is 0 Å². The molecule has 1 aromatic carbocycles. The maximum Gasteiger partial charge on any atom is 0.311 e. The van der Waals surface area contributed by atoms with Crippen molar-refractivity contribution in [2.24, 2.45) is 0 Å². The molecule has 0 fully saturated rings. The number of esters is 1. The molecule has 1 aromatic heterocycles. The Labute approximate surface area is 148 Å². The predicted molar refractivity (Wildman–Crippen MR) is 91.2 cm³/mol. The second kappa shape index (κ2) is 8.19. The van der Waals surface area contributed by atoms with Gasteiger partial charge in [-0.3, -0.25) is 25.0 Å². The van der Waals surface area contributed by atoms with Crippen LogP contribution in [-0.2, 0) is 16.0 Å². The summed E-state index contributed by atoms with van der Waals surface area (Å²) in [6, 6.07) is 4.89. The van der Waals surface area contributed by atoms with E-state index in [0.717, 1.165) is 25.0 Å². The van der Waals surface area contributed by atoms with Crippen molar-refractivity contribution in [3.63, 3.8) is 0 Å². The van der Waals surface area contributed by atoms with Crippen molar-refractivity contribution in [1.29, 1.82) is 0 Å². The topological polar surface area (TPSA) is 130 Å². The Morgan fingerprint density at radius 2 is 1.96 bits per heavy atom. The molecule has 0 bridgehead atoms. The Hall–Kier alpha value is -3.30. The SMILES string of the molecule is CCCCOC(=O)Cc1cc(C)nn1-c1ccc([N+](=O)[O-])cc1[N+](=O)[O-]. The fourth-order valence-corrected chi connectivity index (χ4v) is 2.37. The van der Waals surface area contributed by atoms with Crippen LogP contribution in [0.2, 0.25) is 0 Å². The number of hydrogen-bond donors (Lipinski definition) is 0. The van der Waals surface area contributed by atoms with Gasteiger partial charge in [0.15, 0.2) is 0 Å². The number of ether oxygens (including phenoxy) is 1. The van der Waals surface area contributed by atoms with E-state index in [4.69, 9.17) is 4.74 Å². The van der Waals surface area contributed by atoms with Crippen molar-refractivity contribution in [1.82, 2.24) is 9.78 Å². The minimum Gasteiger partial charge on any atom is -0.465 e. The average Bonchev–Trinajstić information content (AvgIpc) is 2.94. The van der Waals surface area contributed by atoms with Gasteiger partial charge in [0, 0.05) is 6.07 Å². The molecule has 2 rings (SSSR count). The van der Waals surface area contributed by atoms with Crippen molar-refractivity contribution in [2.75, 3.05) is 6.61 Å². The zero-order valence-corrected chi connectivity index (χ0v) is 14.4. The van der Waals surface area contributed by atoms with Gasteiger partial charge >= 0.3 is 11.7 Å². The van der Waals surface area contributed by atoms with Crippen molar-refractivity contribution < 1.29 is 19.4 Å². The van der Waals surface area contributed by atoms with Gasteiger partial charge in [-0.2, -0.15) is 5.10 Å². The summed E-state index contributed by atoms with van der Waals surface area (Å²) in [5.74, 6) is -0.468. The number of nitrogens with zero attached hydrogens (tertiary/aromatic N) is 4. The van der Waals surface area contributed by atoms with E-state index < -0.39 is 27.2 Å². The van der Waals surface area contributed by atoms with Gasteiger partial charge in [-0.15, -0.1) is 0 Å². The largest absolute Gasteiger partial charge is 0.465 e. The molecule has 0 aliphatic carbocycles. The van der Waals surface area contributed by atoms with E-state index in [1.54, 1.807) is 13.0 Å². The highest BCUT2D eigenvalue weighted by atomic mass is 16.6. The molecule has 0 atom stereocenters. The van der Waals surface area contributed by atoms with Crippen LogP contribution in [0, 0.1) is 27.2 Å². The number of benzene rings is 1. The fourth-order valence-electron chi connectivity index (χ4n) is 2.37. The minimum absolute atomic E-state index is 0.0464. The van der Waals surface area contributed by atoms with Gasteiger partial charge in [-0.1, -0.05) is 13.3 Å². The van der Waals surface area contributed by atoms with E-state index >= 15 is 0 Å². The van der Waals surface area contributed by atoms with Crippen LogP contribution in [0.4, 0.5) is 11.4 Å². The molecule has 0 N–H and O–H groups in total. The highest BCUT2D eigenvalue weighted by Crippen LogP contribution is 2.28. The Balaban J connectivity index is 2.39. The first-order chi connectivity index (χ1) is 12.3. The standard InChI is InChI=1S/C16H18N4O6/c1-3-4-7-26-16(21)10-13-8-11(2)17-18(13)14-6-5-12(19(22)23)9-15(14)20(24)25/h5-6,8-9H,3-4,7,10H2,1-2H3. The number of hydrogen-bond acceptors (Lipinski definition) is 7. The van der Waals surface area contributed by atoms with Gasteiger partial charge in [0.1, 0.15) is 5.69 Å². The smallest absolute Gasteiger partial charge is 0.311 e. The molecule has 1 heterocycles. The lowest BCUT2D eigenvalue weighted by molar-refractivity contribution is -0.394. The average molecular weight is 362 g/mol. The normalized spacial score (nSPS) is 10.5. The number of nitro groups is 2. The summed E-state index contributed by atoms with van der Waals surface area (Å²) in [4.78, 5) is 32.7. The Morgan fingerprint density at radius 3 is 2.58 bits per heavy atom. The Bertz CT molecular complexity index is 845. The van der Waals surface area contributed by atoms with Crippen LogP contribution < -0.4 is 0 Å². The molecule has 0 unspecified atom stereocenters. The molecule has 0 saturated carbocycles. The van der Waals surface area contributed by atoms with Gasteiger partial charge in [-0.05, 0) is 25.5 Å². The summed E-state index contributed by atoms with van der Waals surface area (Å²) >= 11 is 0. The van der Waals surface area contributed by atoms with Crippen molar-refractivity contribution in [3.8, 4) is 5.69 Å². The minimum atomic E-state index is -0.720. The van der Waals surface area contributed by atoms with Crippen molar-refractivity contribution in [2.45, 2.75) is 33.1 Å². The number of non-ortho nitro benzene ring substituents is 1. The second-order valence-corrected chi connectivity index (χ2v) is 5.63. The van der Waals surface area contributed by atoms with Crippen LogP contribution in [-0.4, -0.2) is 32.2 Å². The molecule has 2 aromatic rings. The van der Waals surface area contributed by atoms with E-state index in [1.807, 2.05) is 6.92 Å². The fraction of sp³-hybridized carbons (Fsp3) is 0.375. The molecule has 138 valence electrons. The van der Waals surface area contributed by atoms with E-state index in [-0.39, 0.29) is 12.1 Å². The van der Waals surface area contributed by atoms with Gasteiger partial charge in [-0.25, -0.2) is 4.68 Å². The molecule has 0 amide bonds. The Kier molecular flexibility index (Phi) is 5.99. The third-order valence-corrected chi connectivity index (χ3v) is 3.59. The first kappa shape index (κ1) is 19.0. The zero-order valence-electron chi connectivity index (χ0n) is 14.4. The first-order valence-electron chi connectivity index (χ1n) is 7.97. The maximum absolute atomic E-state index is 12.0. The predicted octanol–water partition coefficient (Wildman–Crippen LogP) is 2.88. The zero-order chi connectivity index (χ0) is 19.3. The summed E-state index contributed by atoms with van der Waals surface area (Å²) in [6.07, 6.45) is 1.52. The Morgan fingerprint density at radius 1 is 1.23 bits per heavy atom.